The Bertz CT molecular complexity index is 863. The first kappa shape index (κ1) is 21.1. The van der Waals surface area contributed by atoms with Gasteiger partial charge in [0, 0.05) is 11.3 Å². The Morgan fingerprint density at radius 1 is 1.07 bits per heavy atom. The maximum atomic E-state index is 12.8. The number of nitrogens with one attached hydrogen (secondary N) is 2. The van der Waals surface area contributed by atoms with E-state index >= 15 is 0 Å². The van der Waals surface area contributed by atoms with Crippen LogP contribution in [0.15, 0.2) is 42.5 Å². The van der Waals surface area contributed by atoms with E-state index in [1.807, 2.05) is 39.0 Å². The number of hydrogen-bond acceptors (Lipinski definition) is 4. The zero-order chi connectivity index (χ0) is 20.7. The number of halogens is 1. The number of ether oxygens (including phenoxy) is 1. The Hall–Kier alpha value is -3.22. The summed E-state index contributed by atoms with van der Waals surface area (Å²) in [7, 11) is 0. The molecule has 0 aromatic heterocycles. The first-order valence-corrected chi connectivity index (χ1v) is 8.86. The van der Waals surface area contributed by atoms with Crippen molar-refractivity contribution in [3.63, 3.8) is 0 Å². The highest BCUT2D eigenvalue weighted by molar-refractivity contribution is 5.97. The van der Waals surface area contributed by atoms with Crippen LogP contribution in [0.5, 0.6) is 0 Å². The number of benzene rings is 2. The van der Waals surface area contributed by atoms with E-state index in [-0.39, 0.29) is 11.5 Å². The van der Waals surface area contributed by atoms with Crippen molar-refractivity contribution in [2.24, 2.45) is 0 Å². The number of aryl methyl sites for hydroxylation is 1. The molecule has 7 heteroatoms. The summed E-state index contributed by atoms with van der Waals surface area (Å²) in [6.07, 6.45) is 0. The molecule has 0 aliphatic heterocycles. The third-order valence-corrected chi connectivity index (χ3v) is 4.06. The fraction of sp³-hybridized carbons (Fsp3) is 0.286. The van der Waals surface area contributed by atoms with Crippen molar-refractivity contribution in [3.05, 3.63) is 65.0 Å². The number of carbonyl (C=O) groups is 3. The quantitative estimate of drug-likeness (QED) is 0.716. The lowest BCUT2D eigenvalue weighted by Gasteiger charge is -2.16. The lowest BCUT2D eigenvalue weighted by atomic mass is 9.98. The average Bonchev–Trinajstić information content (AvgIpc) is 2.66. The Labute approximate surface area is 163 Å². The molecule has 0 heterocycles. The molecular formula is C21H23FN2O4. The van der Waals surface area contributed by atoms with E-state index < -0.39 is 36.8 Å². The third-order valence-electron chi connectivity index (χ3n) is 4.06. The summed E-state index contributed by atoms with van der Waals surface area (Å²) in [6, 6.07) is 10.6. The van der Waals surface area contributed by atoms with Gasteiger partial charge in [-0.1, -0.05) is 32.0 Å². The van der Waals surface area contributed by atoms with E-state index in [4.69, 9.17) is 4.74 Å². The number of amides is 2. The number of rotatable bonds is 7. The smallest absolute Gasteiger partial charge is 0.325 e. The van der Waals surface area contributed by atoms with Crippen LogP contribution < -0.4 is 10.6 Å². The van der Waals surface area contributed by atoms with Crippen LogP contribution in [0.4, 0.5) is 10.1 Å². The van der Waals surface area contributed by atoms with Gasteiger partial charge < -0.3 is 15.4 Å². The Morgan fingerprint density at radius 2 is 1.75 bits per heavy atom. The summed E-state index contributed by atoms with van der Waals surface area (Å²) in [5, 5.41) is 5.13. The lowest BCUT2D eigenvalue weighted by Crippen LogP contribution is -2.32. The summed E-state index contributed by atoms with van der Waals surface area (Å²) in [4.78, 5) is 35.7. The molecule has 6 nitrogen and oxygen atoms in total. The lowest BCUT2D eigenvalue weighted by molar-refractivity contribution is -0.146. The van der Waals surface area contributed by atoms with Crippen LogP contribution in [0.3, 0.4) is 0 Å². The average molecular weight is 386 g/mol. The first-order chi connectivity index (χ1) is 13.3. The largest absolute Gasteiger partial charge is 0.454 e. The van der Waals surface area contributed by atoms with Gasteiger partial charge in [0.25, 0.3) is 11.8 Å². The summed E-state index contributed by atoms with van der Waals surface area (Å²) in [5.41, 5.74) is 2.83. The third kappa shape index (κ3) is 5.90. The van der Waals surface area contributed by atoms with Gasteiger partial charge in [-0.05, 0) is 48.2 Å². The number of esters is 1. The van der Waals surface area contributed by atoms with Crippen LogP contribution >= 0.6 is 0 Å². The van der Waals surface area contributed by atoms with Crippen LogP contribution in [-0.2, 0) is 14.3 Å². The molecule has 2 aromatic rings. The molecule has 2 N–H and O–H groups in total. The van der Waals surface area contributed by atoms with Crippen LogP contribution in [0.25, 0.3) is 0 Å². The van der Waals surface area contributed by atoms with Crippen molar-refractivity contribution in [1.29, 1.82) is 0 Å². The van der Waals surface area contributed by atoms with E-state index in [2.05, 4.69) is 10.6 Å². The summed E-state index contributed by atoms with van der Waals surface area (Å²) < 4.78 is 17.7. The maximum Gasteiger partial charge on any atom is 0.325 e. The second-order valence-electron chi connectivity index (χ2n) is 6.59. The fourth-order valence-electron chi connectivity index (χ4n) is 2.57. The molecule has 0 radical (unpaired) electrons. The van der Waals surface area contributed by atoms with Gasteiger partial charge in [0.05, 0.1) is 0 Å². The van der Waals surface area contributed by atoms with Gasteiger partial charge in [0.1, 0.15) is 12.4 Å². The van der Waals surface area contributed by atoms with Crippen molar-refractivity contribution in [2.45, 2.75) is 26.7 Å². The van der Waals surface area contributed by atoms with E-state index in [0.29, 0.717) is 5.69 Å². The molecule has 0 aliphatic carbocycles. The van der Waals surface area contributed by atoms with Crippen molar-refractivity contribution >= 4 is 23.5 Å². The molecule has 0 bridgehead atoms. The van der Waals surface area contributed by atoms with Crippen molar-refractivity contribution in [3.8, 4) is 0 Å². The topological polar surface area (TPSA) is 84.5 Å². The zero-order valence-corrected chi connectivity index (χ0v) is 16.0. The van der Waals surface area contributed by atoms with E-state index in [0.717, 1.165) is 23.3 Å². The summed E-state index contributed by atoms with van der Waals surface area (Å²) in [6.45, 7) is 5.07. The minimum Gasteiger partial charge on any atom is -0.454 e. The number of carbonyl (C=O) groups excluding carboxylic acids is 3. The molecule has 0 saturated carbocycles. The number of hydrogen-bond donors (Lipinski definition) is 2. The van der Waals surface area contributed by atoms with Crippen molar-refractivity contribution < 1.29 is 23.5 Å². The minimum atomic E-state index is -0.750. The molecule has 2 amide bonds. The molecule has 28 heavy (non-hydrogen) atoms. The standard InChI is InChI=1S/C21H23FN2O4/c1-13(2)17-6-4-5-14(3)20(17)24-18(25)12-28-19(26)11-23-21(27)15-7-9-16(22)10-8-15/h4-10,13H,11-12H2,1-3H3,(H,23,27)(H,24,25). The van der Waals surface area contributed by atoms with E-state index in [1.165, 1.54) is 12.1 Å². The summed E-state index contributed by atoms with van der Waals surface area (Å²) >= 11 is 0. The van der Waals surface area contributed by atoms with E-state index in [1.54, 1.807) is 0 Å². The second-order valence-corrected chi connectivity index (χ2v) is 6.59. The SMILES string of the molecule is Cc1cccc(C(C)C)c1NC(=O)COC(=O)CNC(=O)c1ccc(F)cc1. The maximum absolute atomic E-state index is 12.8. The number of para-hydroxylation sites is 1. The highest BCUT2D eigenvalue weighted by atomic mass is 19.1. The predicted molar refractivity (Wildman–Crippen MR) is 104 cm³/mol. The Kier molecular flexibility index (Phi) is 7.26. The molecule has 0 aliphatic rings. The number of anilines is 1. The first-order valence-electron chi connectivity index (χ1n) is 8.86. The van der Waals surface area contributed by atoms with Gasteiger partial charge in [-0.25, -0.2) is 4.39 Å². The molecule has 0 fully saturated rings. The van der Waals surface area contributed by atoms with E-state index in [9.17, 15) is 18.8 Å². The molecule has 0 atom stereocenters. The van der Waals surface area contributed by atoms with Gasteiger partial charge >= 0.3 is 5.97 Å². The fourth-order valence-corrected chi connectivity index (χ4v) is 2.57. The molecular weight excluding hydrogens is 363 g/mol. The van der Waals surface area contributed by atoms with Gasteiger partial charge in [-0.15, -0.1) is 0 Å². The zero-order valence-electron chi connectivity index (χ0n) is 16.0. The Balaban J connectivity index is 1.82. The predicted octanol–water partition coefficient (Wildman–Crippen LogP) is 3.17. The van der Waals surface area contributed by atoms with Crippen molar-refractivity contribution in [1.82, 2.24) is 5.32 Å². The van der Waals surface area contributed by atoms with Gasteiger partial charge in [-0.2, -0.15) is 0 Å². The highest BCUT2D eigenvalue weighted by Crippen LogP contribution is 2.27. The molecule has 2 rings (SSSR count). The van der Waals surface area contributed by atoms with Gasteiger partial charge in [0.15, 0.2) is 6.61 Å². The molecule has 2 aromatic carbocycles. The van der Waals surface area contributed by atoms with Crippen LogP contribution in [-0.4, -0.2) is 30.9 Å². The van der Waals surface area contributed by atoms with Crippen LogP contribution in [0, 0.1) is 12.7 Å². The molecule has 0 saturated heterocycles. The van der Waals surface area contributed by atoms with Crippen LogP contribution in [0.1, 0.15) is 41.3 Å². The van der Waals surface area contributed by atoms with Gasteiger partial charge in [0.2, 0.25) is 0 Å². The molecule has 0 spiro atoms. The molecule has 148 valence electrons. The monoisotopic (exact) mass is 386 g/mol. The van der Waals surface area contributed by atoms with Crippen molar-refractivity contribution in [2.75, 3.05) is 18.5 Å². The Morgan fingerprint density at radius 3 is 2.39 bits per heavy atom. The summed E-state index contributed by atoms with van der Waals surface area (Å²) in [5.74, 6) is -1.99. The second kappa shape index (κ2) is 9.64. The van der Waals surface area contributed by atoms with Crippen LogP contribution in [0.2, 0.25) is 0 Å². The minimum absolute atomic E-state index is 0.215. The normalized spacial score (nSPS) is 10.5. The molecule has 0 unspecified atom stereocenters. The van der Waals surface area contributed by atoms with Gasteiger partial charge in [-0.3, -0.25) is 14.4 Å². The highest BCUT2D eigenvalue weighted by Gasteiger charge is 2.14.